The first-order valence-electron chi connectivity index (χ1n) is 6.66. The number of ether oxygens (including phenoxy) is 1. The van der Waals surface area contributed by atoms with Crippen molar-refractivity contribution in [2.45, 2.75) is 19.6 Å². The summed E-state index contributed by atoms with van der Waals surface area (Å²) in [6.45, 7) is 3.33. The van der Waals surface area contributed by atoms with E-state index in [1.165, 1.54) is 5.56 Å². The van der Waals surface area contributed by atoms with E-state index in [0.29, 0.717) is 18.8 Å². The molecule has 0 heterocycles. The molecule has 0 bridgehead atoms. The van der Waals surface area contributed by atoms with Crippen LogP contribution >= 0.6 is 0 Å². The van der Waals surface area contributed by atoms with Crippen molar-refractivity contribution < 1.29 is 4.74 Å². The van der Waals surface area contributed by atoms with Crippen molar-refractivity contribution in [2.24, 2.45) is 0 Å². The molecule has 0 spiro atoms. The Morgan fingerprint density at radius 2 is 1.80 bits per heavy atom. The van der Waals surface area contributed by atoms with Crippen LogP contribution in [0.2, 0.25) is 0 Å². The maximum atomic E-state index is 8.74. The average Bonchev–Trinajstić information content (AvgIpc) is 2.49. The van der Waals surface area contributed by atoms with Gasteiger partial charge in [0.2, 0.25) is 0 Å². The van der Waals surface area contributed by atoms with Gasteiger partial charge in [0, 0.05) is 11.7 Å². The van der Waals surface area contributed by atoms with E-state index in [4.69, 9.17) is 10.00 Å². The Labute approximate surface area is 119 Å². The van der Waals surface area contributed by atoms with Gasteiger partial charge in [0.1, 0.15) is 0 Å². The van der Waals surface area contributed by atoms with Crippen molar-refractivity contribution in [1.29, 1.82) is 5.26 Å². The van der Waals surface area contributed by atoms with E-state index in [2.05, 4.69) is 30.4 Å². The van der Waals surface area contributed by atoms with Crippen LogP contribution in [0, 0.1) is 11.3 Å². The molecule has 0 saturated heterocycles. The second kappa shape index (κ2) is 7.32. The molecule has 1 atom stereocenters. The van der Waals surface area contributed by atoms with Crippen LogP contribution in [0.3, 0.4) is 0 Å². The number of nitrogens with zero attached hydrogens (tertiary/aromatic N) is 1. The molecule has 0 aliphatic heterocycles. The predicted molar refractivity (Wildman–Crippen MR) is 80.3 cm³/mol. The topological polar surface area (TPSA) is 45.0 Å². The first-order chi connectivity index (χ1) is 9.78. The second-order valence-corrected chi connectivity index (χ2v) is 4.74. The summed E-state index contributed by atoms with van der Waals surface area (Å²) in [5, 5.41) is 12.1. The fourth-order valence-corrected chi connectivity index (χ4v) is 1.89. The number of rotatable bonds is 6. The Kier molecular flexibility index (Phi) is 5.16. The van der Waals surface area contributed by atoms with Gasteiger partial charge in [-0.2, -0.15) is 5.26 Å². The zero-order chi connectivity index (χ0) is 14.2. The SMILES string of the molecule is CC(COCc1ccccc1)Nc1ccc(C#N)cc1. The van der Waals surface area contributed by atoms with Crippen LogP contribution in [0.4, 0.5) is 5.69 Å². The Bertz CT molecular complexity index is 558. The number of nitrogens with one attached hydrogen (secondary N) is 1. The molecule has 2 rings (SSSR count). The normalized spacial score (nSPS) is 11.6. The number of benzene rings is 2. The van der Waals surface area contributed by atoms with Crippen LogP contribution in [0.5, 0.6) is 0 Å². The summed E-state index contributed by atoms with van der Waals surface area (Å²) < 4.78 is 5.68. The van der Waals surface area contributed by atoms with Gasteiger partial charge < -0.3 is 10.1 Å². The van der Waals surface area contributed by atoms with Gasteiger partial charge in [0.05, 0.1) is 24.8 Å². The fraction of sp³-hybridized carbons (Fsp3) is 0.235. The lowest BCUT2D eigenvalue weighted by atomic mass is 10.2. The first kappa shape index (κ1) is 14.1. The molecular weight excluding hydrogens is 248 g/mol. The predicted octanol–water partition coefficient (Wildman–Crippen LogP) is 3.58. The summed E-state index contributed by atoms with van der Waals surface area (Å²) in [7, 11) is 0. The van der Waals surface area contributed by atoms with Crippen molar-refractivity contribution in [3.05, 3.63) is 65.7 Å². The highest BCUT2D eigenvalue weighted by Gasteiger charge is 2.02. The molecular formula is C17H18N2O. The fourth-order valence-electron chi connectivity index (χ4n) is 1.89. The van der Waals surface area contributed by atoms with Crippen molar-refractivity contribution >= 4 is 5.69 Å². The third kappa shape index (κ3) is 4.42. The minimum Gasteiger partial charge on any atom is -0.380 e. The highest BCUT2D eigenvalue weighted by Crippen LogP contribution is 2.10. The highest BCUT2D eigenvalue weighted by molar-refractivity contribution is 5.47. The van der Waals surface area contributed by atoms with E-state index < -0.39 is 0 Å². The average molecular weight is 266 g/mol. The maximum absolute atomic E-state index is 8.74. The van der Waals surface area contributed by atoms with Crippen LogP contribution in [-0.4, -0.2) is 12.6 Å². The van der Waals surface area contributed by atoms with Gasteiger partial charge in [-0.05, 0) is 36.8 Å². The zero-order valence-electron chi connectivity index (χ0n) is 11.5. The van der Waals surface area contributed by atoms with Gasteiger partial charge >= 0.3 is 0 Å². The standard InChI is InChI=1S/C17H18N2O/c1-14(12-20-13-16-5-3-2-4-6-16)19-17-9-7-15(11-18)8-10-17/h2-10,14,19H,12-13H2,1H3. The van der Waals surface area contributed by atoms with Crippen molar-refractivity contribution in [1.82, 2.24) is 0 Å². The number of anilines is 1. The smallest absolute Gasteiger partial charge is 0.0991 e. The van der Waals surface area contributed by atoms with Crippen LogP contribution < -0.4 is 5.32 Å². The molecule has 2 aromatic rings. The van der Waals surface area contributed by atoms with Crippen molar-refractivity contribution in [3.63, 3.8) is 0 Å². The van der Waals surface area contributed by atoms with Gasteiger partial charge in [-0.15, -0.1) is 0 Å². The molecule has 0 aromatic heterocycles. The van der Waals surface area contributed by atoms with Gasteiger partial charge in [0.25, 0.3) is 0 Å². The summed E-state index contributed by atoms with van der Waals surface area (Å²) in [4.78, 5) is 0. The van der Waals surface area contributed by atoms with Crippen molar-refractivity contribution in [3.8, 4) is 6.07 Å². The van der Waals surface area contributed by atoms with Gasteiger partial charge in [-0.25, -0.2) is 0 Å². The monoisotopic (exact) mass is 266 g/mol. The maximum Gasteiger partial charge on any atom is 0.0991 e. The molecule has 0 radical (unpaired) electrons. The summed E-state index contributed by atoms with van der Waals surface area (Å²) in [5.41, 5.74) is 2.85. The summed E-state index contributed by atoms with van der Waals surface area (Å²) in [5.74, 6) is 0. The van der Waals surface area contributed by atoms with Crippen LogP contribution in [0.25, 0.3) is 0 Å². The Balaban J connectivity index is 1.75. The third-order valence-electron chi connectivity index (χ3n) is 2.91. The largest absolute Gasteiger partial charge is 0.380 e. The molecule has 3 nitrogen and oxygen atoms in total. The Morgan fingerprint density at radius 3 is 2.45 bits per heavy atom. The zero-order valence-corrected chi connectivity index (χ0v) is 11.5. The quantitative estimate of drug-likeness (QED) is 0.869. The van der Waals surface area contributed by atoms with Crippen LogP contribution in [-0.2, 0) is 11.3 Å². The lowest BCUT2D eigenvalue weighted by molar-refractivity contribution is 0.115. The molecule has 0 saturated carbocycles. The summed E-state index contributed by atoms with van der Waals surface area (Å²) >= 11 is 0. The molecule has 0 fully saturated rings. The van der Waals surface area contributed by atoms with Crippen molar-refractivity contribution in [2.75, 3.05) is 11.9 Å². The lowest BCUT2D eigenvalue weighted by Crippen LogP contribution is -2.21. The third-order valence-corrected chi connectivity index (χ3v) is 2.91. The van der Waals surface area contributed by atoms with Crippen LogP contribution in [0.15, 0.2) is 54.6 Å². The first-order valence-corrected chi connectivity index (χ1v) is 6.66. The molecule has 20 heavy (non-hydrogen) atoms. The Hall–Kier alpha value is -2.31. The molecule has 1 N–H and O–H groups in total. The van der Waals surface area contributed by atoms with E-state index in [1.54, 1.807) is 12.1 Å². The minimum absolute atomic E-state index is 0.214. The molecule has 102 valence electrons. The molecule has 0 amide bonds. The summed E-state index contributed by atoms with van der Waals surface area (Å²) in [6, 6.07) is 19.9. The summed E-state index contributed by atoms with van der Waals surface area (Å²) in [6.07, 6.45) is 0. The van der Waals surface area contributed by atoms with E-state index in [0.717, 1.165) is 5.69 Å². The van der Waals surface area contributed by atoms with E-state index in [9.17, 15) is 0 Å². The van der Waals surface area contributed by atoms with E-state index in [1.807, 2.05) is 30.3 Å². The molecule has 0 aliphatic carbocycles. The second-order valence-electron chi connectivity index (χ2n) is 4.74. The molecule has 0 aliphatic rings. The lowest BCUT2D eigenvalue weighted by Gasteiger charge is -2.15. The van der Waals surface area contributed by atoms with E-state index >= 15 is 0 Å². The number of hydrogen-bond acceptors (Lipinski definition) is 3. The molecule has 3 heteroatoms. The Morgan fingerprint density at radius 1 is 1.10 bits per heavy atom. The number of nitriles is 1. The molecule has 1 unspecified atom stereocenters. The highest BCUT2D eigenvalue weighted by atomic mass is 16.5. The molecule has 2 aromatic carbocycles. The number of hydrogen-bond donors (Lipinski definition) is 1. The van der Waals surface area contributed by atoms with Gasteiger partial charge in [-0.3, -0.25) is 0 Å². The van der Waals surface area contributed by atoms with Gasteiger partial charge in [-0.1, -0.05) is 30.3 Å². The minimum atomic E-state index is 0.214. The van der Waals surface area contributed by atoms with Crippen LogP contribution in [0.1, 0.15) is 18.1 Å². The van der Waals surface area contributed by atoms with E-state index in [-0.39, 0.29) is 6.04 Å². The van der Waals surface area contributed by atoms with Gasteiger partial charge in [0.15, 0.2) is 0 Å².